The van der Waals surface area contributed by atoms with Crippen LogP contribution in [-0.2, 0) is 4.79 Å². The van der Waals surface area contributed by atoms with E-state index in [0.29, 0.717) is 12.3 Å². The summed E-state index contributed by atoms with van der Waals surface area (Å²) in [4.78, 5) is 10.5. The van der Waals surface area contributed by atoms with Crippen LogP contribution in [0.5, 0.6) is 0 Å². The molecule has 0 aromatic rings. The van der Waals surface area contributed by atoms with Gasteiger partial charge in [-0.05, 0) is 30.3 Å². The Hall–Kier alpha value is -0.220. The second-order valence-corrected chi connectivity index (χ2v) is 4.44. The van der Waals surface area contributed by atoms with Crippen LogP contribution in [0.25, 0.3) is 0 Å². The van der Waals surface area contributed by atoms with E-state index in [9.17, 15) is 4.79 Å². The van der Waals surface area contributed by atoms with Gasteiger partial charge in [-0.15, -0.1) is 0 Å². The number of thioether (sulfide) groups is 1. The van der Waals surface area contributed by atoms with E-state index in [4.69, 9.17) is 11.5 Å². The van der Waals surface area contributed by atoms with E-state index in [1.807, 2.05) is 11.8 Å². The Bertz CT molecular complexity index is 157. The van der Waals surface area contributed by atoms with Gasteiger partial charge in [0, 0.05) is 12.5 Å². The zero-order valence-electron chi connectivity index (χ0n) is 7.16. The predicted octanol–water partition coefficient (Wildman–Crippen LogP) is 0.332. The van der Waals surface area contributed by atoms with E-state index in [-0.39, 0.29) is 11.9 Å². The summed E-state index contributed by atoms with van der Waals surface area (Å²) < 4.78 is 0. The van der Waals surface area contributed by atoms with E-state index in [1.54, 1.807) is 0 Å². The van der Waals surface area contributed by atoms with Gasteiger partial charge in [0.15, 0.2) is 0 Å². The smallest absolute Gasteiger partial charge is 0.217 e. The van der Waals surface area contributed by atoms with Crippen LogP contribution in [-0.4, -0.2) is 23.5 Å². The lowest BCUT2D eigenvalue weighted by Gasteiger charge is -2.16. The molecule has 0 saturated carbocycles. The van der Waals surface area contributed by atoms with E-state index < -0.39 is 0 Å². The summed E-state index contributed by atoms with van der Waals surface area (Å²) in [7, 11) is 0. The minimum atomic E-state index is -0.240. The van der Waals surface area contributed by atoms with Crippen LogP contribution in [0.15, 0.2) is 0 Å². The van der Waals surface area contributed by atoms with Crippen LogP contribution in [0.3, 0.4) is 0 Å². The molecular weight excluding hydrogens is 172 g/mol. The fourth-order valence-electron chi connectivity index (χ4n) is 1.44. The number of primary amides is 1. The molecule has 70 valence electrons. The van der Waals surface area contributed by atoms with Crippen LogP contribution in [0.1, 0.15) is 19.3 Å². The van der Waals surface area contributed by atoms with Gasteiger partial charge in [-0.3, -0.25) is 4.79 Å². The molecule has 1 amide bonds. The highest BCUT2D eigenvalue weighted by atomic mass is 32.2. The van der Waals surface area contributed by atoms with Gasteiger partial charge in [-0.2, -0.15) is 11.8 Å². The highest BCUT2D eigenvalue weighted by Crippen LogP contribution is 2.26. The van der Waals surface area contributed by atoms with Crippen molar-refractivity contribution in [1.29, 1.82) is 0 Å². The zero-order valence-corrected chi connectivity index (χ0v) is 7.98. The van der Waals surface area contributed by atoms with E-state index >= 15 is 0 Å². The van der Waals surface area contributed by atoms with E-state index in [1.165, 1.54) is 12.2 Å². The molecule has 1 aliphatic rings. The maximum atomic E-state index is 10.5. The average molecular weight is 188 g/mol. The highest BCUT2D eigenvalue weighted by Gasteiger charge is 2.22. The molecule has 3 nitrogen and oxygen atoms in total. The lowest BCUT2D eigenvalue weighted by Crippen LogP contribution is -2.31. The Morgan fingerprint density at radius 1 is 1.67 bits per heavy atom. The minimum Gasteiger partial charge on any atom is -0.370 e. The van der Waals surface area contributed by atoms with Gasteiger partial charge in [0.05, 0.1) is 0 Å². The van der Waals surface area contributed by atoms with Crippen molar-refractivity contribution >= 4 is 17.7 Å². The number of carbonyl (C=O) groups is 1. The molecule has 1 fully saturated rings. The number of hydrogen-bond acceptors (Lipinski definition) is 3. The van der Waals surface area contributed by atoms with Crippen molar-refractivity contribution in [2.24, 2.45) is 17.4 Å². The first-order chi connectivity index (χ1) is 5.70. The lowest BCUT2D eigenvalue weighted by molar-refractivity contribution is -0.118. The molecule has 4 heteroatoms. The Morgan fingerprint density at radius 3 is 2.92 bits per heavy atom. The van der Waals surface area contributed by atoms with Gasteiger partial charge in [0.1, 0.15) is 0 Å². The van der Waals surface area contributed by atoms with E-state index in [2.05, 4.69) is 0 Å². The Morgan fingerprint density at radius 2 is 2.42 bits per heavy atom. The Balaban J connectivity index is 2.17. The molecule has 0 spiro atoms. The second-order valence-electron chi connectivity index (χ2n) is 3.29. The van der Waals surface area contributed by atoms with Crippen LogP contribution in [0.2, 0.25) is 0 Å². The normalized spacial score (nSPS) is 25.6. The molecule has 0 bridgehead atoms. The van der Waals surface area contributed by atoms with Gasteiger partial charge < -0.3 is 11.5 Å². The summed E-state index contributed by atoms with van der Waals surface area (Å²) in [5.74, 6) is 2.74. The zero-order chi connectivity index (χ0) is 8.97. The van der Waals surface area contributed by atoms with Crippen molar-refractivity contribution in [3.8, 4) is 0 Å². The van der Waals surface area contributed by atoms with Crippen molar-refractivity contribution in [2.45, 2.75) is 25.3 Å². The van der Waals surface area contributed by atoms with Crippen molar-refractivity contribution in [3.05, 3.63) is 0 Å². The number of nitrogens with two attached hydrogens (primary N) is 2. The molecule has 0 radical (unpaired) electrons. The number of carbonyl (C=O) groups excluding carboxylic acids is 1. The summed E-state index contributed by atoms with van der Waals surface area (Å²) in [5.41, 5.74) is 10.9. The largest absolute Gasteiger partial charge is 0.370 e. The first kappa shape index (κ1) is 9.86. The minimum absolute atomic E-state index is 0.174. The fourth-order valence-corrected chi connectivity index (χ4v) is 2.79. The molecule has 1 rings (SSSR count). The first-order valence-corrected chi connectivity index (χ1v) is 5.47. The quantitative estimate of drug-likeness (QED) is 0.668. The average Bonchev–Trinajstić information content (AvgIpc) is 2.51. The highest BCUT2D eigenvalue weighted by molar-refractivity contribution is 7.99. The van der Waals surface area contributed by atoms with Crippen molar-refractivity contribution in [3.63, 3.8) is 0 Å². The molecule has 0 aliphatic carbocycles. The summed E-state index contributed by atoms with van der Waals surface area (Å²) in [6, 6.07) is 0.174. The Kier molecular flexibility index (Phi) is 3.88. The van der Waals surface area contributed by atoms with Crippen molar-refractivity contribution in [2.75, 3.05) is 11.5 Å². The molecule has 1 saturated heterocycles. The summed E-state index contributed by atoms with van der Waals surface area (Å²) >= 11 is 1.95. The molecule has 0 aromatic heterocycles. The van der Waals surface area contributed by atoms with Gasteiger partial charge in [-0.1, -0.05) is 0 Å². The van der Waals surface area contributed by atoms with Crippen LogP contribution >= 0.6 is 11.8 Å². The van der Waals surface area contributed by atoms with Crippen molar-refractivity contribution < 1.29 is 4.79 Å². The van der Waals surface area contributed by atoms with Gasteiger partial charge in [0.2, 0.25) is 5.91 Å². The molecule has 2 unspecified atom stereocenters. The predicted molar refractivity (Wildman–Crippen MR) is 51.8 cm³/mol. The molecular formula is C8H16N2OS. The number of rotatable bonds is 4. The SMILES string of the molecule is NC(=O)CCC(N)C1CCSC1. The molecule has 2 atom stereocenters. The third kappa shape index (κ3) is 3.03. The fraction of sp³-hybridized carbons (Fsp3) is 0.875. The summed E-state index contributed by atoms with van der Waals surface area (Å²) in [6.45, 7) is 0. The maximum Gasteiger partial charge on any atom is 0.217 e. The number of amides is 1. The maximum absolute atomic E-state index is 10.5. The molecule has 1 heterocycles. The topological polar surface area (TPSA) is 69.1 Å². The van der Waals surface area contributed by atoms with Crippen molar-refractivity contribution in [1.82, 2.24) is 0 Å². The van der Waals surface area contributed by atoms with Gasteiger partial charge in [0.25, 0.3) is 0 Å². The van der Waals surface area contributed by atoms with Gasteiger partial charge in [-0.25, -0.2) is 0 Å². The third-order valence-electron chi connectivity index (χ3n) is 2.29. The molecule has 0 aromatic carbocycles. The van der Waals surface area contributed by atoms with Crippen LogP contribution in [0.4, 0.5) is 0 Å². The Labute approximate surface area is 77.3 Å². The first-order valence-electron chi connectivity index (χ1n) is 4.32. The summed E-state index contributed by atoms with van der Waals surface area (Å²) in [5, 5.41) is 0. The standard InChI is InChI=1S/C8H16N2OS/c9-7(1-2-8(10)11)6-3-4-12-5-6/h6-7H,1-5,9H2,(H2,10,11). The summed E-state index contributed by atoms with van der Waals surface area (Å²) in [6.07, 6.45) is 2.38. The monoisotopic (exact) mass is 188 g/mol. The lowest BCUT2D eigenvalue weighted by atomic mass is 9.96. The van der Waals surface area contributed by atoms with Crippen LogP contribution < -0.4 is 11.5 Å². The second kappa shape index (κ2) is 4.72. The molecule has 4 N–H and O–H groups in total. The molecule has 12 heavy (non-hydrogen) atoms. The number of hydrogen-bond donors (Lipinski definition) is 2. The van der Waals surface area contributed by atoms with Crippen LogP contribution in [0, 0.1) is 5.92 Å². The van der Waals surface area contributed by atoms with E-state index in [0.717, 1.165) is 12.2 Å². The third-order valence-corrected chi connectivity index (χ3v) is 3.48. The molecule has 1 aliphatic heterocycles. The van der Waals surface area contributed by atoms with Gasteiger partial charge >= 0.3 is 0 Å².